The van der Waals surface area contributed by atoms with Crippen LogP contribution in [0.4, 0.5) is 9.59 Å². The van der Waals surface area contributed by atoms with E-state index in [2.05, 4.69) is 230 Å². The summed E-state index contributed by atoms with van der Waals surface area (Å²) in [6.45, 7) is 128. The largest absolute Gasteiger partial charge is 0.381 e. The molecule has 8 aliphatic heterocycles. The van der Waals surface area contributed by atoms with Crippen LogP contribution in [0.2, 0.25) is 0 Å². The van der Waals surface area contributed by atoms with E-state index in [1.165, 1.54) is 185 Å². The van der Waals surface area contributed by atoms with Crippen molar-refractivity contribution < 1.29 is 23.9 Å². The van der Waals surface area contributed by atoms with Crippen molar-refractivity contribution in [2.45, 2.75) is 514 Å². The first-order valence-corrected chi connectivity index (χ1v) is 61.4. The molecule has 0 aromatic carbocycles. The number of hydrogen-bond acceptors (Lipinski definition) is 8. The lowest BCUT2D eigenvalue weighted by molar-refractivity contribution is -0.130. The van der Waals surface area contributed by atoms with Gasteiger partial charge in [-0.05, 0) is 254 Å². The summed E-state index contributed by atoms with van der Waals surface area (Å²) >= 11 is 0. The van der Waals surface area contributed by atoms with Gasteiger partial charge in [0, 0.05) is 119 Å². The van der Waals surface area contributed by atoms with Crippen molar-refractivity contribution in [1.82, 2.24) is 45.8 Å². The number of allylic oxidation sites excluding steroid dienone is 5. The van der Waals surface area contributed by atoms with Crippen LogP contribution in [0, 0.1) is 118 Å². The van der Waals surface area contributed by atoms with Gasteiger partial charge in [-0.1, -0.05) is 437 Å². The Balaban J connectivity index is -0.000000128. The molecule has 0 bridgehead atoms. The Morgan fingerprint density at radius 1 is 0.296 bits per heavy atom. The van der Waals surface area contributed by atoms with Crippen LogP contribution in [0.15, 0.2) is 58.9 Å². The number of rotatable bonds is 13. The second kappa shape index (κ2) is 116. The van der Waals surface area contributed by atoms with Gasteiger partial charge in [0.2, 0.25) is 11.8 Å². The van der Waals surface area contributed by atoms with Gasteiger partial charge in [-0.15, -0.1) is 0 Å². The summed E-state index contributed by atoms with van der Waals surface area (Å²) in [5.74, 6) is 17.3. The summed E-state index contributed by atoms with van der Waals surface area (Å²) in [5.41, 5.74) is 7.58. The molecule has 12 aliphatic rings. The molecule has 4 N–H and O–H groups in total. The van der Waals surface area contributed by atoms with E-state index in [0.29, 0.717) is 17.8 Å². The minimum atomic E-state index is 0.0677. The van der Waals surface area contributed by atoms with Crippen LogP contribution in [0.1, 0.15) is 514 Å². The number of piperidine rings is 3. The molecular weight excluding hydrogens is 1740 g/mol. The Morgan fingerprint density at radius 3 is 0.775 bits per heavy atom. The van der Waals surface area contributed by atoms with Crippen molar-refractivity contribution in [1.29, 1.82) is 0 Å². The number of amides is 6. The number of carbonyl (C=O) groups is 4. The van der Waals surface area contributed by atoms with E-state index in [1.807, 2.05) is 186 Å². The van der Waals surface area contributed by atoms with Crippen molar-refractivity contribution in [3.63, 3.8) is 0 Å². The monoisotopic (exact) mass is 2020 g/mol. The number of nitrogens with one attached hydrogen (secondary N) is 4. The molecule has 0 aromatic heterocycles. The molecule has 2 unspecified atom stereocenters. The number of urea groups is 2. The van der Waals surface area contributed by atoms with Crippen LogP contribution in [0.25, 0.3) is 0 Å². The van der Waals surface area contributed by atoms with Crippen LogP contribution in [0.3, 0.4) is 0 Å². The van der Waals surface area contributed by atoms with Crippen LogP contribution < -0.4 is 21.3 Å². The third kappa shape index (κ3) is 88.7. The van der Waals surface area contributed by atoms with E-state index in [9.17, 15) is 19.2 Å². The zero-order valence-electron chi connectivity index (χ0n) is 107. The first-order chi connectivity index (χ1) is 67.8. The molecule has 6 saturated heterocycles. The molecule has 858 valence electrons. The number of carbonyl (C=O) groups excluding carboxylic acids is 4. The number of likely N-dealkylation sites (tertiary alicyclic amines) is 4. The highest BCUT2D eigenvalue weighted by Crippen LogP contribution is 2.34. The lowest BCUT2D eigenvalue weighted by Gasteiger charge is -2.33. The SMILES string of the molecule is C=C(C)N1CCC(C(C)C)C1.CC.CC.CC.CC.CC.CC.CC.CC.CC.CC.CC.CC.CC(=O)N1CC=C(C(C)C)C1.CC(=O)N1CCC(C(C)C)CC1.CC(C)C1=CCCC1.CC(C)C1=CCCC1.CC(C)C1=CCNCC1.CC(C)C1CCCC1.CC(C)C1CCCC1.CC(C)C1CCNCC1.CC(C)C1CCOCC1.CNC(=O)N1CCC(C(C)C)C1.CNC(=O)N1CCC(C(C)C)CC1. The molecule has 14 heteroatoms. The van der Waals surface area contributed by atoms with Gasteiger partial charge in [-0.2, -0.15) is 0 Å². The van der Waals surface area contributed by atoms with Crippen LogP contribution >= 0.6 is 0 Å². The van der Waals surface area contributed by atoms with Gasteiger partial charge in [-0.3, -0.25) is 9.59 Å². The summed E-state index contributed by atoms with van der Waals surface area (Å²) in [4.78, 5) is 54.4. The molecule has 0 aromatic rings. The predicted octanol–water partition coefficient (Wildman–Crippen LogP) is 37.6. The zero-order valence-corrected chi connectivity index (χ0v) is 107. The number of nitrogens with zero attached hydrogens (tertiary/aromatic N) is 5. The molecule has 12 rings (SSSR count). The highest BCUT2D eigenvalue weighted by atomic mass is 16.5. The van der Waals surface area contributed by atoms with Crippen LogP contribution in [-0.4, -0.2) is 167 Å². The van der Waals surface area contributed by atoms with Crippen molar-refractivity contribution in [2.75, 3.05) is 119 Å². The van der Waals surface area contributed by atoms with Gasteiger partial charge in [0.15, 0.2) is 0 Å². The second-order valence-corrected chi connectivity index (χ2v) is 41.0. The topological polar surface area (TPSA) is 142 Å². The van der Waals surface area contributed by atoms with Gasteiger partial charge < -0.3 is 50.5 Å². The van der Waals surface area contributed by atoms with E-state index in [4.69, 9.17) is 4.74 Å². The average molecular weight is 2020 g/mol. The van der Waals surface area contributed by atoms with Crippen molar-refractivity contribution in [3.8, 4) is 0 Å². The van der Waals surface area contributed by atoms with E-state index in [-0.39, 0.29) is 23.9 Å². The maximum Gasteiger partial charge on any atom is 0.317 e. The maximum atomic E-state index is 11.3. The molecule has 142 heavy (non-hydrogen) atoms. The summed E-state index contributed by atoms with van der Waals surface area (Å²) in [5, 5.41) is 12.0. The van der Waals surface area contributed by atoms with Crippen LogP contribution in [0.5, 0.6) is 0 Å². The van der Waals surface area contributed by atoms with E-state index < -0.39 is 0 Å². The van der Waals surface area contributed by atoms with Crippen LogP contribution in [-0.2, 0) is 14.3 Å². The van der Waals surface area contributed by atoms with Gasteiger partial charge in [0.05, 0.1) is 0 Å². The maximum absolute atomic E-state index is 11.3. The standard InChI is InChI=1S/C10H20N2O.C10H19NO.C10H19N.C9H18N2O.C9H15NO.C8H17N.C8H15N.C8H16O.2C8H16.2C8H14.12C2H6/c1-8(2)9-4-6-12(7-5-9)10(13)11-3;1-8(2)10-4-6-11(7-5-10)9(3)12;1-8(2)10-5-6-11(7-10)9(3)4;1-7(2)8-4-5-11(6-8)9(12)10-3;1-7(2)9-4-5-10(6-9)8(3)11;3*1-7(2)8-3-5-9-6-4-8;4*1-7(2)8-5-3-4-6-8;12*1-2/h8-9H,4-7H2,1-3H3,(H,11,13);8,10H,4-7H2,1-3H3;8,10H,3,5-7H2,1-2,4H3;7-8H,4-6H2,1-3H3,(H,10,12);4,7H,5-6H2,1-3H3;7-9H,3-6H2,1-2H3;3,7,9H,4-6H2,1-2H3;7-8H,3-6H2,1-2H3;2*7-8H,3-6H2,1-2H3;2*5,7H,3-4,6H2,1-2H3;12*1-2H3. The molecule has 2 saturated carbocycles. The molecular formula is C128H271N9O5. The molecule has 4 aliphatic carbocycles. The van der Waals surface area contributed by atoms with Gasteiger partial charge in [0.1, 0.15) is 0 Å². The number of hydrogen-bond donors (Lipinski definition) is 4. The third-order valence-corrected chi connectivity index (χ3v) is 28.1. The normalized spacial score (nSPS) is 18.2. The summed E-state index contributed by atoms with van der Waals surface area (Å²) in [6, 6.07) is 0.139. The molecule has 0 spiro atoms. The van der Waals surface area contributed by atoms with Crippen molar-refractivity contribution in [3.05, 3.63) is 58.9 Å². The minimum absolute atomic E-state index is 0.0677. The minimum Gasteiger partial charge on any atom is -0.381 e. The van der Waals surface area contributed by atoms with Crippen molar-refractivity contribution >= 4 is 23.9 Å². The Hall–Kier alpha value is -4.14. The fraction of sp³-hybridized carbons (Fsp3) is 0.891. The Kier molecular flexibility index (Phi) is 133. The lowest BCUT2D eigenvalue weighted by atomic mass is 9.87. The smallest absolute Gasteiger partial charge is 0.317 e. The van der Waals surface area contributed by atoms with E-state index in [1.54, 1.807) is 44.7 Å². The van der Waals surface area contributed by atoms with Crippen molar-refractivity contribution in [2.24, 2.45) is 118 Å². The summed E-state index contributed by atoms with van der Waals surface area (Å²) < 4.78 is 5.25. The van der Waals surface area contributed by atoms with Gasteiger partial charge in [0.25, 0.3) is 0 Å². The molecule has 0 radical (unpaired) electrons. The quantitative estimate of drug-likeness (QED) is 0.134. The first kappa shape index (κ1) is 163. The fourth-order valence-corrected chi connectivity index (χ4v) is 18.1. The van der Waals surface area contributed by atoms with E-state index in [0.717, 1.165) is 192 Å². The van der Waals surface area contributed by atoms with Gasteiger partial charge in [-0.25, -0.2) is 9.59 Å². The predicted molar refractivity (Wildman–Crippen MR) is 649 cm³/mol. The first-order valence-electron chi connectivity index (χ1n) is 61.4. The Morgan fingerprint density at radius 2 is 0.563 bits per heavy atom. The Labute approximate surface area is 897 Å². The molecule has 8 fully saturated rings. The summed E-state index contributed by atoms with van der Waals surface area (Å²) in [7, 11) is 3.38. The zero-order chi connectivity index (χ0) is 113. The summed E-state index contributed by atoms with van der Waals surface area (Å²) in [6.07, 6.45) is 43.2. The second-order valence-electron chi connectivity index (χ2n) is 41.0. The third-order valence-electron chi connectivity index (χ3n) is 28.1. The highest BCUT2D eigenvalue weighted by Gasteiger charge is 2.30. The van der Waals surface area contributed by atoms with Gasteiger partial charge >= 0.3 is 12.1 Å². The highest BCUT2D eigenvalue weighted by molar-refractivity contribution is 5.75. The molecule has 8 heterocycles. The molecule has 6 amide bonds. The fourth-order valence-electron chi connectivity index (χ4n) is 18.1. The molecule has 2 atom stereocenters. The number of ether oxygens (including phenoxy) is 1. The average Bonchev–Trinajstić information content (AvgIpc) is 1.53. The lowest BCUT2D eigenvalue weighted by Crippen LogP contribution is -2.43. The Bertz CT molecular complexity index is 2640. The van der Waals surface area contributed by atoms with E-state index >= 15 is 0 Å². The molecule has 14 nitrogen and oxygen atoms in total.